The second-order valence-corrected chi connectivity index (χ2v) is 6.06. The fourth-order valence-electron chi connectivity index (χ4n) is 2.96. The zero-order valence-corrected chi connectivity index (χ0v) is 14.5. The summed E-state index contributed by atoms with van der Waals surface area (Å²) in [7, 11) is 1.61. The van der Waals surface area contributed by atoms with E-state index < -0.39 is 0 Å². The summed E-state index contributed by atoms with van der Waals surface area (Å²) in [5.41, 5.74) is 1.88. The van der Waals surface area contributed by atoms with E-state index in [1.165, 1.54) is 6.07 Å². The van der Waals surface area contributed by atoms with Gasteiger partial charge in [-0.05, 0) is 24.6 Å². The van der Waals surface area contributed by atoms with Gasteiger partial charge in [0.2, 0.25) is 5.56 Å². The van der Waals surface area contributed by atoms with Crippen LogP contribution in [0.4, 0.5) is 0 Å². The monoisotopic (exact) mass is 342 g/mol. The molecule has 0 radical (unpaired) electrons. The van der Waals surface area contributed by atoms with Crippen molar-refractivity contribution in [1.82, 2.24) is 9.88 Å². The van der Waals surface area contributed by atoms with Gasteiger partial charge < -0.3 is 19.4 Å². The quantitative estimate of drug-likeness (QED) is 0.926. The lowest BCUT2D eigenvalue weighted by Gasteiger charge is -2.20. The van der Waals surface area contributed by atoms with Crippen LogP contribution in [0, 0.1) is 0 Å². The molecule has 0 unspecified atom stereocenters. The highest BCUT2D eigenvalue weighted by Gasteiger charge is 2.22. The van der Waals surface area contributed by atoms with Crippen molar-refractivity contribution in [2.45, 2.75) is 26.3 Å². The van der Waals surface area contributed by atoms with Crippen LogP contribution in [-0.4, -0.2) is 36.1 Å². The Labute approximate surface area is 146 Å². The predicted octanol–water partition coefficient (Wildman–Crippen LogP) is 2.37. The molecule has 0 atom stereocenters. The molecule has 2 aromatic rings. The molecule has 1 aromatic carbocycles. The molecule has 132 valence electrons. The van der Waals surface area contributed by atoms with Crippen molar-refractivity contribution in [2.75, 3.05) is 20.3 Å². The van der Waals surface area contributed by atoms with Crippen molar-refractivity contribution in [1.29, 1.82) is 0 Å². The third-order valence-electron chi connectivity index (χ3n) is 4.21. The third-order valence-corrected chi connectivity index (χ3v) is 4.21. The van der Waals surface area contributed by atoms with Crippen LogP contribution in [0.3, 0.4) is 0 Å². The van der Waals surface area contributed by atoms with Gasteiger partial charge in [0, 0.05) is 35.5 Å². The molecule has 0 saturated heterocycles. The number of pyridine rings is 1. The molecule has 0 aliphatic carbocycles. The Hall–Kier alpha value is -2.76. The van der Waals surface area contributed by atoms with Gasteiger partial charge in [-0.2, -0.15) is 0 Å². The molecule has 0 bridgehead atoms. The molecule has 0 spiro atoms. The molecule has 25 heavy (non-hydrogen) atoms. The number of methoxy groups -OCH3 is 1. The van der Waals surface area contributed by atoms with Crippen LogP contribution in [0.15, 0.2) is 35.1 Å². The number of rotatable bonds is 4. The first kappa shape index (κ1) is 17.1. The van der Waals surface area contributed by atoms with Gasteiger partial charge in [-0.1, -0.05) is 13.3 Å². The minimum atomic E-state index is -0.245. The van der Waals surface area contributed by atoms with Crippen LogP contribution >= 0.6 is 0 Å². The first-order valence-electron chi connectivity index (χ1n) is 8.43. The molecular formula is C19H22N2O4. The molecular weight excluding hydrogens is 320 g/mol. The number of amides is 1. The lowest BCUT2D eigenvalue weighted by molar-refractivity contribution is 0.0733. The number of carbonyl (C=O) groups excluding carboxylic acids is 1. The number of aromatic nitrogens is 1. The van der Waals surface area contributed by atoms with Gasteiger partial charge in [0.05, 0.1) is 13.7 Å². The van der Waals surface area contributed by atoms with Crippen molar-refractivity contribution in [3.05, 3.63) is 57.5 Å². The maximum absolute atomic E-state index is 12.9. The van der Waals surface area contributed by atoms with Crippen LogP contribution in [0.1, 0.15) is 35.0 Å². The average Bonchev–Trinajstić information content (AvgIpc) is 2.82. The molecule has 1 aliphatic rings. The van der Waals surface area contributed by atoms with Gasteiger partial charge in [0.25, 0.3) is 5.91 Å². The summed E-state index contributed by atoms with van der Waals surface area (Å²) < 4.78 is 11.0. The normalized spacial score (nSPS) is 13.6. The van der Waals surface area contributed by atoms with E-state index in [1.807, 2.05) is 25.1 Å². The molecule has 2 heterocycles. The minimum absolute atomic E-state index is 0.157. The summed E-state index contributed by atoms with van der Waals surface area (Å²) >= 11 is 0. The number of nitrogens with zero attached hydrogens (tertiary/aromatic N) is 1. The second kappa shape index (κ2) is 7.42. The molecule has 1 aromatic heterocycles. The van der Waals surface area contributed by atoms with Gasteiger partial charge in [-0.25, -0.2) is 0 Å². The van der Waals surface area contributed by atoms with Crippen molar-refractivity contribution >= 4 is 5.91 Å². The van der Waals surface area contributed by atoms with Crippen LogP contribution in [0.5, 0.6) is 11.5 Å². The number of nitrogens with one attached hydrogen (secondary N) is 1. The Kier molecular flexibility index (Phi) is 5.07. The minimum Gasteiger partial charge on any atom is -0.497 e. The van der Waals surface area contributed by atoms with Crippen molar-refractivity contribution in [3.63, 3.8) is 0 Å². The van der Waals surface area contributed by atoms with Crippen molar-refractivity contribution in [3.8, 4) is 11.5 Å². The first-order chi connectivity index (χ1) is 12.1. The van der Waals surface area contributed by atoms with Gasteiger partial charge in [0.15, 0.2) is 0 Å². The summed E-state index contributed by atoms with van der Waals surface area (Å²) in [5.74, 6) is 1.29. The van der Waals surface area contributed by atoms with E-state index in [4.69, 9.17) is 9.47 Å². The van der Waals surface area contributed by atoms with Crippen molar-refractivity contribution in [2.24, 2.45) is 0 Å². The van der Waals surface area contributed by atoms with Gasteiger partial charge in [0.1, 0.15) is 18.1 Å². The average molecular weight is 342 g/mol. The largest absolute Gasteiger partial charge is 0.497 e. The Bertz CT molecular complexity index is 828. The van der Waals surface area contributed by atoms with E-state index in [-0.39, 0.29) is 11.5 Å². The highest BCUT2D eigenvalue weighted by Crippen LogP contribution is 2.28. The number of benzene rings is 1. The number of ether oxygens (including phenoxy) is 2. The number of aromatic amines is 1. The summed E-state index contributed by atoms with van der Waals surface area (Å²) in [6.45, 7) is 3.33. The standard InChI is InChI=1S/C19H22N2O4/c1-3-4-15-9-14(10-18(22)20-15)19(23)21-7-8-25-17-11-16(24-2)6-5-13(17)12-21/h5-6,9-11H,3-4,7-8,12H2,1-2H3,(H,20,22). The summed E-state index contributed by atoms with van der Waals surface area (Å²) in [6.07, 6.45) is 1.64. The molecule has 1 aliphatic heterocycles. The predicted molar refractivity (Wildman–Crippen MR) is 94.3 cm³/mol. The van der Waals surface area contributed by atoms with Gasteiger partial charge >= 0.3 is 0 Å². The second-order valence-electron chi connectivity index (χ2n) is 6.06. The summed E-state index contributed by atoms with van der Waals surface area (Å²) in [4.78, 5) is 29.2. The number of hydrogen-bond acceptors (Lipinski definition) is 4. The molecule has 0 saturated carbocycles. The highest BCUT2D eigenvalue weighted by atomic mass is 16.5. The number of hydrogen-bond donors (Lipinski definition) is 1. The molecule has 1 N–H and O–H groups in total. The Morgan fingerprint density at radius 3 is 2.92 bits per heavy atom. The molecule has 0 fully saturated rings. The third kappa shape index (κ3) is 3.84. The lowest BCUT2D eigenvalue weighted by atomic mass is 10.1. The maximum Gasteiger partial charge on any atom is 0.254 e. The SMILES string of the molecule is CCCc1cc(C(=O)N2CCOc3cc(OC)ccc3C2)cc(=O)[nH]1. The first-order valence-corrected chi connectivity index (χ1v) is 8.43. The van der Waals surface area contributed by atoms with Gasteiger partial charge in [-0.3, -0.25) is 9.59 Å². The van der Waals surface area contributed by atoms with Crippen LogP contribution in [0.2, 0.25) is 0 Å². The number of H-pyrrole nitrogens is 1. The van der Waals surface area contributed by atoms with Crippen LogP contribution in [-0.2, 0) is 13.0 Å². The van der Waals surface area contributed by atoms with Gasteiger partial charge in [-0.15, -0.1) is 0 Å². The zero-order chi connectivity index (χ0) is 17.8. The smallest absolute Gasteiger partial charge is 0.254 e. The fraction of sp³-hybridized carbons (Fsp3) is 0.368. The summed E-state index contributed by atoms with van der Waals surface area (Å²) in [5, 5.41) is 0. The van der Waals surface area contributed by atoms with E-state index >= 15 is 0 Å². The van der Waals surface area contributed by atoms with E-state index in [1.54, 1.807) is 18.1 Å². The highest BCUT2D eigenvalue weighted by molar-refractivity contribution is 5.94. The maximum atomic E-state index is 12.9. The number of fused-ring (bicyclic) bond motifs is 1. The Balaban J connectivity index is 1.86. The zero-order valence-electron chi connectivity index (χ0n) is 14.5. The summed E-state index contributed by atoms with van der Waals surface area (Å²) in [6, 6.07) is 8.72. The molecule has 6 heteroatoms. The number of carbonyl (C=O) groups is 1. The molecule has 1 amide bonds. The van der Waals surface area contributed by atoms with E-state index in [0.29, 0.717) is 25.3 Å². The van der Waals surface area contributed by atoms with E-state index in [9.17, 15) is 9.59 Å². The lowest BCUT2D eigenvalue weighted by Crippen LogP contribution is -2.33. The van der Waals surface area contributed by atoms with E-state index in [0.717, 1.165) is 35.6 Å². The number of aryl methyl sites for hydroxylation is 1. The topological polar surface area (TPSA) is 71.6 Å². The molecule has 3 rings (SSSR count). The Morgan fingerprint density at radius 1 is 1.32 bits per heavy atom. The Morgan fingerprint density at radius 2 is 2.16 bits per heavy atom. The van der Waals surface area contributed by atoms with E-state index in [2.05, 4.69) is 4.98 Å². The van der Waals surface area contributed by atoms with Crippen LogP contribution < -0.4 is 15.0 Å². The van der Waals surface area contributed by atoms with Crippen LogP contribution in [0.25, 0.3) is 0 Å². The molecule has 6 nitrogen and oxygen atoms in total. The van der Waals surface area contributed by atoms with Crippen molar-refractivity contribution < 1.29 is 14.3 Å². The fourth-order valence-corrected chi connectivity index (χ4v) is 2.96.